The second-order valence-electron chi connectivity index (χ2n) is 2.37. The van der Waals surface area contributed by atoms with Gasteiger partial charge in [0.15, 0.2) is 5.89 Å². The van der Waals surface area contributed by atoms with E-state index in [1.165, 1.54) is 0 Å². The lowest BCUT2D eigenvalue weighted by Gasteiger charge is -1.81. The number of hydrogen-bond donors (Lipinski definition) is 0. The molecule has 0 unspecified atom stereocenters. The van der Waals surface area contributed by atoms with Crippen LogP contribution in [-0.4, -0.2) is 11.2 Å². The molecule has 0 bridgehead atoms. The molecule has 0 saturated heterocycles. The number of hydrogen-bond acceptors (Lipinski definition) is 3. The molecule has 0 amide bonds. The second-order valence-corrected chi connectivity index (χ2v) is 2.37. The van der Waals surface area contributed by atoms with Crippen molar-refractivity contribution in [2.24, 2.45) is 4.99 Å². The van der Waals surface area contributed by atoms with Gasteiger partial charge in [-0.05, 0) is 6.08 Å². The molecule has 0 aromatic carbocycles. The van der Waals surface area contributed by atoms with Crippen molar-refractivity contribution < 1.29 is 4.42 Å². The molecular weight excluding hydrogens is 140 g/mol. The van der Waals surface area contributed by atoms with Crippen molar-refractivity contribution in [3.8, 4) is 0 Å². The van der Waals surface area contributed by atoms with E-state index in [2.05, 4.69) is 9.98 Å². The van der Waals surface area contributed by atoms with Crippen molar-refractivity contribution in [3.63, 3.8) is 0 Å². The lowest BCUT2D eigenvalue weighted by molar-refractivity contribution is 0.531. The molecule has 3 nitrogen and oxygen atoms in total. The van der Waals surface area contributed by atoms with Crippen molar-refractivity contribution >= 4 is 18.2 Å². The molecule has 1 aromatic rings. The summed E-state index contributed by atoms with van der Waals surface area (Å²) < 4.78 is 5.23. The van der Waals surface area contributed by atoms with Crippen LogP contribution in [0.3, 0.4) is 0 Å². The van der Waals surface area contributed by atoms with Gasteiger partial charge in [0.05, 0.1) is 0 Å². The standard InChI is InChI=1S/C8H8N2O/c1-6-10-7-4-2-3-5-9-8(7)11-6/h2,4-5H,3H2,1H3. The number of fused-ring (bicyclic) bond motifs is 1. The molecule has 1 aliphatic rings. The molecule has 0 spiro atoms. The Morgan fingerprint density at radius 1 is 1.55 bits per heavy atom. The van der Waals surface area contributed by atoms with E-state index >= 15 is 0 Å². The van der Waals surface area contributed by atoms with Crippen LogP contribution in [0.1, 0.15) is 18.0 Å². The van der Waals surface area contributed by atoms with Crippen LogP contribution in [0.25, 0.3) is 6.08 Å². The van der Waals surface area contributed by atoms with Gasteiger partial charge in [0, 0.05) is 19.6 Å². The Morgan fingerprint density at radius 2 is 2.45 bits per heavy atom. The number of aryl methyl sites for hydroxylation is 1. The molecule has 2 rings (SSSR count). The van der Waals surface area contributed by atoms with Crippen LogP contribution in [-0.2, 0) is 0 Å². The van der Waals surface area contributed by atoms with Crippen LogP contribution in [0.5, 0.6) is 0 Å². The second kappa shape index (κ2) is 2.34. The van der Waals surface area contributed by atoms with Crippen LogP contribution < -0.4 is 0 Å². The van der Waals surface area contributed by atoms with E-state index in [4.69, 9.17) is 4.42 Å². The average Bonchev–Trinajstić information content (AvgIpc) is 2.17. The summed E-state index contributed by atoms with van der Waals surface area (Å²) in [6.07, 6.45) is 6.61. The van der Waals surface area contributed by atoms with E-state index < -0.39 is 0 Å². The maximum Gasteiger partial charge on any atom is 0.246 e. The Kier molecular flexibility index (Phi) is 1.35. The van der Waals surface area contributed by atoms with Gasteiger partial charge < -0.3 is 4.42 Å². The van der Waals surface area contributed by atoms with Gasteiger partial charge in [0.1, 0.15) is 5.69 Å². The third-order valence-corrected chi connectivity index (χ3v) is 1.47. The summed E-state index contributed by atoms with van der Waals surface area (Å²) in [7, 11) is 0. The fraction of sp³-hybridized carbons (Fsp3) is 0.250. The maximum atomic E-state index is 5.23. The molecule has 0 radical (unpaired) electrons. The van der Waals surface area contributed by atoms with Gasteiger partial charge in [0.2, 0.25) is 5.88 Å². The van der Waals surface area contributed by atoms with Crippen LogP contribution >= 0.6 is 0 Å². The molecule has 56 valence electrons. The molecule has 0 fully saturated rings. The summed E-state index contributed by atoms with van der Waals surface area (Å²) in [4.78, 5) is 8.23. The number of allylic oxidation sites excluding steroid dienone is 1. The number of aliphatic imine (C=N–C) groups is 1. The number of aromatic nitrogens is 1. The van der Waals surface area contributed by atoms with Crippen molar-refractivity contribution in [2.75, 3.05) is 0 Å². The smallest absolute Gasteiger partial charge is 0.246 e. The van der Waals surface area contributed by atoms with E-state index in [-0.39, 0.29) is 0 Å². The van der Waals surface area contributed by atoms with Gasteiger partial charge in [-0.2, -0.15) is 0 Å². The van der Waals surface area contributed by atoms with Gasteiger partial charge in [-0.3, -0.25) is 0 Å². The molecule has 3 heteroatoms. The monoisotopic (exact) mass is 148 g/mol. The molecule has 11 heavy (non-hydrogen) atoms. The maximum absolute atomic E-state index is 5.23. The Hall–Kier alpha value is -1.38. The summed E-state index contributed by atoms with van der Waals surface area (Å²) in [5.41, 5.74) is 0.830. The SMILES string of the molecule is Cc1nc2c(o1)N=CCC=C2. The Balaban J connectivity index is 2.56. The van der Waals surface area contributed by atoms with Crippen LogP contribution in [0.15, 0.2) is 15.5 Å². The van der Waals surface area contributed by atoms with E-state index in [1.807, 2.05) is 25.3 Å². The third-order valence-electron chi connectivity index (χ3n) is 1.47. The summed E-state index contributed by atoms with van der Waals surface area (Å²) >= 11 is 0. The minimum atomic E-state index is 0.622. The lowest BCUT2D eigenvalue weighted by Crippen LogP contribution is -1.70. The zero-order valence-electron chi connectivity index (χ0n) is 6.24. The van der Waals surface area contributed by atoms with Crippen molar-refractivity contribution in [1.82, 2.24) is 4.98 Å². The van der Waals surface area contributed by atoms with Gasteiger partial charge in [0.25, 0.3) is 0 Å². The Labute approximate surface area is 64.5 Å². The highest BCUT2D eigenvalue weighted by Gasteiger charge is 2.06. The molecule has 0 aliphatic carbocycles. The quantitative estimate of drug-likeness (QED) is 0.565. The number of rotatable bonds is 0. The van der Waals surface area contributed by atoms with Crippen LogP contribution in [0.4, 0.5) is 5.88 Å². The van der Waals surface area contributed by atoms with Crippen molar-refractivity contribution in [2.45, 2.75) is 13.3 Å². The Bertz CT molecular complexity index is 293. The highest BCUT2D eigenvalue weighted by atomic mass is 16.4. The van der Waals surface area contributed by atoms with Crippen LogP contribution in [0, 0.1) is 6.92 Å². The van der Waals surface area contributed by atoms with E-state index in [0.717, 1.165) is 12.1 Å². The minimum Gasteiger partial charge on any atom is -0.423 e. The molecule has 1 aliphatic heterocycles. The van der Waals surface area contributed by atoms with E-state index in [9.17, 15) is 0 Å². The van der Waals surface area contributed by atoms with E-state index in [1.54, 1.807) is 0 Å². The van der Waals surface area contributed by atoms with Crippen molar-refractivity contribution in [3.05, 3.63) is 17.7 Å². The van der Waals surface area contributed by atoms with Gasteiger partial charge in [-0.1, -0.05) is 6.08 Å². The highest BCUT2D eigenvalue weighted by molar-refractivity contribution is 5.71. The lowest BCUT2D eigenvalue weighted by atomic mass is 10.3. The first kappa shape index (κ1) is 6.34. The molecule has 2 heterocycles. The fourth-order valence-electron chi connectivity index (χ4n) is 1.01. The predicted molar refractivity (Wildman–Crippen MR) is 43.0 cm³/mol. The number of nitrogens with zero attached hydrogens (tertiary/aromatic N) is 2. The largest absolute Gasteiger partial charge is 0.423 e. The molecule has 0 N–H and O–H groups in total. The average molecular weight is 148 g/mol. The third kappa shape index (κ3) is 1.09. The summed E-state index contributed by atoms with van der Waals surface area (Å²) in [5.74, 6) is 1.29. The van der Waals surface area contributed by atoms with Gasteiger partial charge >= 0.3 is 0 Å². The topological polar surface area (TPSA) is 38.4 Å². The number of oxazole rings is 1. The highest BCUT2D eigenvalue weighted by Crippen LogP contribution is 2.22. The summed E-state index contributed by atoms with van der Waals surface area (Å²) in [5, 5.41) is 0. The van der Waals surface area contributed by atoms with Crippen molar-refractivity contribution in [1.29, 1.82) is 0 Å². The van der Waals surface area contributed by atoms with Crippen LogP contribution in [0.2, 0.25) is 0 Å². The Morgan fingerprint density at radius 3 is 3.36 bits per heavy atom. The first-order chi connectivity index (χ1) is 5.36. The van der Waals surface area contributed by atoms with E-state index in [0.29, 0.717) is 11.8 Å². The van der Waals surface area contributed by atoms with Gasteiger partial charge in [-0.25, -0.2) is 9.98 Å². The fourth-order valence-corrected chi connectivity index (χ4v) is 1.01. The molecule has 0 saturated carbocycles. The predicted octanol–water partition coefficient (Wildman–Crippen LogP) is 2.10. The normalized spacial score (nSPS) is 14.6. The zero-order chi connectivity index (χ0) is 7.68. The molecular formula is C8H8N2O. The molecule has 0 atom stereocenters. The zero-order valence-corrected chi connectivity index (χ0v) is 6.24. The summed E-state index contributed by atoms with van der Waals surface area (Å²) in [6.45, 7) is 1.82. The minimum absolute atomic E-state index is 0.622. The van der Waals surface area contributed by atoms with Gasteiger partial charge in [-0.15, -0.1) is 0 Å². The first-order valence-electron chi connectivity index (χ1n) is 3.53. The summed E-state index contributed by atoms with van der Waals surface area (Å²) in [6, 6.07) is 0. The molecule has 1 aromatic heterocycles. The first-order valence-corrected chi connectivity index (χ1v) is 3.53.